The molecule has 0 aliphatic carbocycles. The standard InChI is InChI=1S/C8H6BrN3O2S/c9-6-2-1-5(15-6)3-10-12-4-7(13)11-8(12)14/h1-3H,4H2,(H,11,13,14)/b10-3+. The molecular weight excluding hydrogens is 282 g/mol. The van der Waals surface area contributed by atoms with Crippen LogP contribution in [0, 0.1) is 0 Å². The average molecular weight is 288 g/mol. The van der Waals surface area contributed by atoms with E-state index in [1.54, 1.807) is 6.21 Å². The Morgan fingerprint density at radius 2 is 2.33 bits per heavy atom. The minimum atomic E-state index is -0.480. The molecule has 1 saturated heterocycles. The van der Waals surface area contributed by atoms with Gasteiger partial charge in [-0.3, -0.25) is 10.1 Å². The number of hydrogen-bond acceptors (Lipinski definition) is 4. The molecule has 1 aromatic rings. The van der Waals surface area contributed by atoms with E-state index in [0.29, 0.717) is 0 Å². The summed E-state index contributed by atoms with van der Waals surface area (Å²) in [5.41, 5.74) is 0. The lowest BCUT2D eigenvalue weighted by molar-refractivity contribution is -0.118. The molecule has 7 heteroatoms. The topological polar surface area (TPSA) is 61.8 Å². The summed E-state index contributed by atoms with van der Waals surface area (Å²) in [5.74, 6) is -0.329. The lowest BCUT2D eigenvalue weighted by atomic mass is 10.5. The zero-order valence-electron chi connectivity index (χ0n) is 7.44. The van der Waals surface area contributed by atoms with Crippen LogP contribution in [0.15, 0.2) is 21.0 Å². The second kappa shape index (κ2) is 4.11. The fourth-order valence-electron chi connectivity index (χ4n) is 1.05. The number of hydrogen-bond donors (Lipinski definition) is 1. The van der Waals surface area contributed by atoms with Crippen molar-refractivity contribution in [2.45, 2.75) is 0 Å². The number of carbonyl (C=O) groups excluding carboxylic acids is 2. The van der Waals surface area contributed by atoms with Gasteiger partial charge in [-0.1, -0.05) is 0 Å². The Hall–Kier alpha value is -1.21. The summed E-state index contributed by atoms with van der Waals surface area (Å²) < 4.78 is 0.992. The van der Waals surface area contributed by atoms with E-state index < -0.39 is 6.03 Å². The van der Waals surface area contributed by atoms with E-state index in [2.05, 4.69) is 26.3 Å². The van der Waals surface area contributed by atoms with Crippen molar-refractivity contribution in [3.05, 3.63) is 20.8 Å². The molecule has 0 spiro atoms. The molecule has 15 heavy (non-hydrogen) atoms. The fourth-order valence-corrected chi connectivity index (χ4v) is 2.34. The Morgan fingerprint density at radius 3 is 2.87 bits per heavy atom. The van der Waals surface area contributed by atoms with E-state index >= 15 is 0 Å². The summed E-state index contributed by atoms with van der Waals surface area (Å²) >= 11 is 4.81. The third kappa shape index (κ3) is 2.42. The molecule has 2 heterocycles. The maximum atomic E-state index is 11.1. The fraction of sp³-hybridized carbons (Fsp3) is 0.125. The first-order valence-electron chi connectivity index (χ1n) is 4.06. The number of halogens is 1. The van der Waals surface area contributed by atoms with Gasteiger partial charge in [0, 0.05) is 4.88 Å². The first-order valence-corrected chi connectivity index (χ1v) is 5.67. The van der Waals surface area contributed by atoms with Crippen LogP contribution >= 0.6 is 27.3 Å². The predicted molar refractivity (Wildman–Crippen MR) is 59.9 cm³/mol. The molecule has 0 unspecified atom stereocenters. The zero-order valence-corrected chi connectivity index (χ0v) is 9.84. The van der Waals surface area contributed by atoms with Crippen LogP contribution in [0.25, 0.3) is 0 Å². The molecule has 1 aliphatic rings. The number of imide groups is 1. The van der Waals surface area contributed by atoms with Gasteiger partial charge in [-0.2, -0.15) is 5.10 Å². The molecule has 1 N–H and O–H groups in total. The quantitative estimate of drug-likeness (QED) is 0.660. The molecule has 5 nitrogen and oxygen atoms in total. The van der Waals surface area contributed by atoms with Crippen LogP contribution in [0.2, 0.25) is 0 Å². The maximum Gasteiger partial charge on any atom is 0.344 e. The normalized spacial score (nSPS) is 16.5. The highest BCUT2D eigenvalue weighted by Crippen LogP contribution is 2.20. The maximum absolute atomic E-state index is 11.1. The van der Waals surface area contributed by atoms with E-state index in [9.17, 15) is 9.59 Å². The summed E-state index contributed by atoms with van der Waals surface area (Å²) in [4.78, 5) is 22.8. The van der Waals surface area contributed by atoms with Gasteiger partial charge in [0.25, 0.3) is 0 Å². The molecule has 0 atom stereocenters. The first kappa shape index (κ1) is 10.3. The second-order valence-corrected chi connectivity index (χ2v) is 5.29. The lowest BCUT2D eigenvalue weighted by Gasteiger charge is -2.02. The lowest BCUT2D eigenvalue weighted by Crippen LogP contribution is -2.24. The van der Waals surface area contributed by atoms with Gasteiger partial charge in [-0.15, -0.1) is 11.3 Å². The minimum absolute atomic E-state index is 0.0120. The predicted octanol–water partition coefficient (Wildman–Crippen LogP) is 1.40. The van der Waals surface area contributed by atoms with Crippen molar-refractivity contribution in [3.63, 3.8) is 0 Å². The number of rotatable bonds is 2. The van der Waals surface area contributed by atoms with Crippen LogP contribution in [-0.2, 0) is 4.79 Å². The summed E-state index contributed by atoms with van der Waals surface area (Å²) in [6.45, 7) is -0.0120. The van der Waals surface area contributed by atoms with Crippen molar-refractivity contribution in [1.29, 1.82) is 0 Å². The van der Waals surface area contributed by atoms with Gasteiger partial charge in [0.05, 0.1) is 10.0 Å². The van der Waals surface area contributed by atoms with Gasteiger partial charge in [0.2, 0.25) is 5.91 Å². The molecule has 1 fully saturated rings. The van der Waals surface area contributed by atoms with Crippen LogP contribution in [0.5, 0.6) is 0 Å². The third-order valence-electron chi connectivity index (χ3n) is 1.69. The van der Waals surface area contributed by atoms with Crippen molar-refractivity contribution in [2.75, 3.05) is 6.54 Å². The number of hydrazone groups is 1. The van der Waals surface area contributed by atoms with Gasteiger partial charge in [-0.05, 0) is 28.1 Å². The Labute approximate surface area is 97.9 Å². The molecule has 0 bridgehead atoms. The molecule has 78 valence electrons. The molecule has 3 amide bonds. The Morgan fingerprint density at radius 1 is 1.53 bits per heavy atom. The van der Waals surface area contributed by atoms with Crippen LogP contribution in [0.4, 0.5) is 4.79 Å². The Bertz CT molecular complexity index is 443. The van der Waals surface area contributed by atoms with Gasteiger partial charge >= 0.3 is 6.03 Å². The number of nitrogens with zero attached hydrogens (tertiary/aromatic N) is 2. The average Bonchev–Trinajstić information content (AvgIpc) is 2.70. The SMILES string of the molecule is O=C1CN(/N=C/c2ccc(Br)s2)C(=O)N1. The number of thiophene rings is 1. The van der Waals surface area contributed by atoms with Crippen LogP contribution in [-0.4, -0.2) is 29.7 Å². The molecule has 1 aromatic heterocycles. The van der Waals surface area contributed by atoms with Gasteiger partial charge in [-0.25, -0.2) is 9.80 Å². The monoisotopic (exact) mass is 287 g/mol. The highest BCUT2D eigenvalue weighted by Gasteiger charge is 2.25. The number of urea groups is 1. The first-order chi connectivity index (χ1) is 7.15. The molecule has 2 rings (SSSR count). The van der Waals surface area contributed by atoms with Crippen LogP contribution in [0.1, 0.15) is 4.88 Å². The highest BCUT2D eigenvalue weighted by atomic mass is 79.9. The Kier molecular flexibility index (Phi) is 2.83. The third-order valence-corrected chi connectivity index (χ3v) is 3.25. The van der Waals surface area contributed by atoms with Crippen molar-refractivity contribution >= 4 is 45.4 Å². The van der Waals surface area contributed by atoms with Crippen molar-refractivity contribution in [2.24, 2.45) is 5.10 Å². The largest absolute Gasteiger partial charge is 0.344 e. The van der Waals surface area contributed by atoms with Gasteiger partial charge in [0.15, 0.2) is 0 Å². The van der Waals surface area contributed by atoms with Crippen molar-refractivity contribution < 1.29 is 9.59 Å². The number of carbonyl (C=O) groups is 2. The molecule has 0 saturated carbocycles. The number of amides is 3. The van der Waals surface area contributed by atoms with Gasteiger partial charge in [0.1, 0.15) is 6.54 Å². The summed E-state index contributed by atoms with van der Waals surface area (Å²) in [6, 6.07) is 3.28. The Balaban J connectivity index is 2.06. The molecule has 0 aromatic carbocycles. The molecule has 0 radical (unpaired) electrons. The van der Waals surface area contributed by atoms with Gasteiger partial charge < -0.3 is 0 Å². The zero-order chi connectivity index (χ0) is 10.8. The molecular formula is C8H6BrN3O2S. The summed E-state index contributed by atoms with van der Waals surface area (Å²) in [7, 11) is 0. The van der Waals surface area contributed by atoms with E-state index in [4.69, 9.17) is 0 Å². The molecule has 1 aliphatic heterocycles. The number of nitrogens with one attached hydrogen (secondary N) is 1. The van der Waals surface area contributed by atoms with E-state index in [0.717, 1.165) is 13.7 Å². The van der Waals surface area contributed by atoms with E-state index in [1.807, 2.05) is 12.1 Å². The van der Waals surface area contributed by atoms with Crippen molar-refractivity contribution in [3.8, 4) is 0 Å². The van der Waals surface area contributed by atoms with Crippen LogP contribution in [0.3, 0.4) is 0 Å². The summed E-state index contributed by atoms with van der Waals surface area (Å²) in [6.07, 6.45) is 1.55. The second-order valence-electron chi connectivity index (χ2n) is 2.80. The van der Waals surface area contributed by atoms with E-state index in [-0.39, 0.29) is 12.5 Å². The highest BCUT2D eigenvalue weighted by molar-refractivity contribution is 9.11. The smallest absolute Gasteiger partial charge is 0.275 e. The summed E-state index contributed by atoms with van der Waals surface area (Å²) in [5, 5.41) is 7.13. The van der Waals surface area contributed by atoms with E-state index in [1.165, 1.54) is 11.3 Å². The minimum Gasteiger partial charge on any atom is -0.275 e. The van der Waals surface area contributed by atoms with Crippen LogP contribution < -0.4 is 5.32 Å². The van der Waals surface area contributed by atoms with Crippen molar-refractivity contribution in [1.82, 2.24) is 10.3 Å².